The number of ketones is 1. The number of Topliss-reactive ketones (excluding diaryl/α,β-unsaturated/α-hetero) is 1. The van der Waals surface area contributed by atoms with E-state index in [1.165, 1.54) is 13.2 Å². The van der Waals surface area contributed by atoms with Gasteiger partial charge in [0.25, 0.3) is 0 Å². The van der Waals surface area contributed by atoms with Crippen LogP contribution in [-0.4, -0.2) is 31.1 Å². The van der Waals surface area contributed by atoms with Crippen LogP contribution in [0, 0.1) is 0 Å². The summed E-state index contributed by atoms with van der Waals surface area (Å²) in [5.74, 6) is 0.283. The van der Waals surface area contributed by atoms with E-state index in [2.05, 4.69) is 5.32 Å². The number of rotatable bonds is 4. The van der Waals surface area contributed by atoms with E-state index < -0.39 is 0 Å². The minimum absolute atomic E-state index is 0.0216. The van der Waals surface area contributed by atoms with Crippen LogP contribution >= 0.6 is 0 Å². The van der Waals surface area contributed by atoms with E-state index in [4.69, 9.17) is 4.74 Å². The number of carbonyl (C=O) groups is 1. The van der Waals surface area contributed by atoms with E-state index in [0.29, 0.717) is 11.3 Å². The van der Waals surface area contributed by atoms with Gasteiger partial charge in [0.15, 0.2) is 17.3 Å². The lowest BCUT2D eigenvalue weighted by Gasteiger charge is -2.10. The molecule has 1 aromatic rings. The van der Waals surface area contributed by atoms with E-state index in [9.17, 15) is 9.90 Å². The summed E-state index contributed by atoms with van der Waals surface area (Å²) < 4.78 is 4.89. The van der Waals surface area contributed by atoms with Crippen molar-refractivity contribution in [3.05, 3.63) is 23.8 Å². The second kappa shape index (κ2) is 4.79. The van der Waals surface area contributed by atoms with E-state index in [1.807, 2.05) is 0 Å². The Labute approximate surface area is 88.9 Å². The van der Waals surface area contributed by atoms with Crippen molar-refractivity contribution < 1.29 is 14.6 Å². The van der Waals surface area contributed by atoms with Crippen molar-refractivity contribution in [3.63, 3.8) is 0 Å². The molecule has 1 aromatic carbocycles. The van der Waals surface area contributed by atoms with Crippen LogP contribution in [0.1, 0.15) is 17.3 Å². The van der Waals surface area contributed by atoms with Crippen molar-refractivity contribution in [2.24, 2.45) is 0 Å². The van der Waals surface area contributed by atoms with Gasteiger partial charge in [0.05, 0.1) is 13.2 Å². The molecule has 0 aliphatic heterocycles. The fourth-order valence-corrected chi connectivity index (χ4v) is 1.22. The van der Waals surface area contributed by atoms with Crippen molar-refractivity contribution in [2.45, 2.75) is 13.0 Å². The molecule has 2 N–H and O–H groups in total. The number of hydrogen-bond donors (Lipinski definition) is 2. The maximum atomic E-state index is 11.7. The lowest BCUT2D eigenvalue weighted by Crippen LogP contribution is -2.30. The zero-order chi connectivity index (χ0) is 11.4. The SMILES string of the molecule is CNC(C)C(=O)c1ccc(OC)c(O)c1. The van der Waals surface area contributed by atoms with Crippen molar-refractivity contribution in [1.82, 2.24) is 5.32 Å². The number of phenols is 1. The van der Waals surface area contributed by atoms with Gasteiger partial charge in [0, 0.05) is 5.56 Å². The lowest BCUT2D eigenvalue weighted by atomic mass is 10.1. The van der Waals surface area contributed by atoms with E-state index in [-0.39, 0.29) is 17.6 Å². The van der Waals surface area contributed by atoms with Gasteiger partial charge in [-0.2, -0.15) is 0 Å². The van der Waals surface area contributed by atoms with Gasteiger partial charge in [-0.05, 0) is 32.2 Å². The van der Waals surface area contributed by atoms with Crippen LogP contribution in [0.3, 0.4) is 0 Å². The summed E-state index contributed by atoms with van der Waals surface area (Å²) in [6.45, 7) is 1.77. The first-order valence-corrected chi connectivity index (χ1v) is 4.68. The van der Waals surface area contributed by atoms with Gasteiger partial charge < -0.3 is 15.2 Å². The summed E-state index contributed by atoms with van der Waals surface area (Å²) in [5, 5.41) is 12.3. The van der Waals surface area contributed by atoms with Gasteiger partial charge in [-0.3, -0.25) is 4.79 Å². The molecule has 1 atom stereocenters. The van der Waals surface area contributed by atoms with Crippen molar-refractivity contribution >= 4 is 5.78 Å². The number of phenolic OH excluding ortho intramolecular Hbond substituents is 1. The predicted octanol–water partition coefficient (Wildman–Crippen LogP) is 1.19. The van der Waals surface area contributed by atoms with Crippen LogP contribution in [0.4, 0.5) is 0 Å². The number of nitrogens with one attached hydrogen (secondary N) is 1. The van der Waals surface area contributed by atoms with Gasteiger partial charge in [0.1, 0.15) is 0 Å². The predicted molar refractivity (Wildman–Crippen MR) is 57.5 cm³/mol. The van der Waals surface area contributed by atoms with Crippen molar-refractivity contribution in [2.75, 3.05) is 14.2 Å². The quantitative estimate of drug-likeness (QED) is 0.731. The molecule has 0 aromatic heterocycles. The third-order valence-electron chi connectivity index (χ3n) is 2.29. The Hall–Kier alpha value is -1.55. The highest BCUT2D eigenvalue weighted by Gasteiger charge is 2.14. The molecule has 1 unspecified atom stereocenters. The highest BCUT2D eigenvalue weighted by atomic mass is 16.5. The first kappa shape index (κ1) is 11.5. The van der Waals surface area contributed by atoms with E-state index in [1.54, 1.807) is 26.1 Å². The fourth-order valence-electron chi connectivity index (χ4n) is 1.22. The first-order valence-electron chi connectivity index (χ1n) is 4.68. The summed E-state index contributed by atoms with van der Waals surface area (Å²) in [4.78, 5) is 11.7. The minimum Gasteiger partial charge on any atom is -0.504 e. The number of aromatic hydroxyl groups is 1. The van der Waals surface area contributed by atoms with Crippen LogP contribution < -0.4 is 10.1 Å². The Morgan fingerprint density at radius 2 is 2.20 bits per heavy atom. The van der Waals surface area contributed by atoms with Crippen molar-refractivity contribution in [1.29, 1.82) is 0 Å². The molecule has 82 valence electrons. The topological polar surface area (TPSA) is 58.6 Å². The maximum absolute atomic E-state index is 11.7. The number of methoxy groups -OCH3 is 1. The molecule has 1 rings (SSSR count). The van der Waals surface area contributed by atoms with Gasteiger partial charge in [-0.25, -0.2) is 0 Å². The minimum atomic E-state index is -0.266. The number of likely N-dealkylation sites (N-methyl/N-ethyl adjacent to an activating group) is 1. The highest BCUT2D eigenvalue weighted by Crippen LogP contribution is 2.26. The van der Waals surface area contributed by atoms with Crippen molar-refractivity contribution in [3.8, 4) is 11.5 Å². The van der Waals surface area contributed by atoms with Crippen LogP contribution in [0.15, 0.2) is 18.2 Å². The Kier molecular flexibility index (Phi) is 3.68. The van der Waals surface area contributed by atoms with Crippen LogP contribution in [0.5, 0.6) is 11.5 Å². The molecule has 0 amide bonds. The molecule has 4 heteroatoms. The molecule has 0 aliphatic carbocycles. The molecule has 0 spiro atoms. The van der Waals surface area contributed by atoms with E-state index >= 15 is 0 Å². The summed E-state index contributed by atoms with van der Waals surface area (Å²) in [6, 6.07) is 4.35. The third kappa shape index (κ3) is 2.47. The summed E-state index contributed by atoms with van der Waals surface area (Å²) in [7, 11) is 3.18. The molecule has 0 bridgehead atoms. The Morgan fingerprint density at radius 3 is 2.67 bits per heavy atom. The maximum Gasteiger partial charge on any atom is 0.179 e. The molecule has 4 nitrogen and oxygen atoms in total. The molecule has 0 aliphatic rings. The molecule has 0 radical (unpaired) electrons. The Bertz CT molecular complexity index is 363. The number of hydrogen-bond acceptors (Lipinski definition) is 4. The third-order valence-corrected chi connectivity index (χ3v) is 2.29. The fraction of sp³-hybridized carbons (Fsp3) is 0.364. The first-order chi connectivity index (χ1) is 7.10. The summed E-state index contributed by atoms with van der Waals surface area (Å²) in [5.41, 5.74) is 0.468. The van der Waals surface area contributed by atoms with Crippen LogP contribution in [0.2, 0.25) is 0 Å². The number of ether oxygens (including phenoxy) is 1. The van der Waals surface area contributed by atoms with Gasteiger partial charge in [0.2, 0.25) is 0 Å². The molecule has 0 saturated carbocycles. The zero-order valence-electron chi connectivity index (χ0n) is 9.07. The smallest absolute Gasteiger partial charge is 0.179 e. The summed E-state index contributed by atoms with van der Waals surface area (Å²) >= 11 is 0. The van der Waals surface area contributed by atoms with Gasteiger partial charge in [-0.1, -0.05) is 0 Å². The Morgan fingerprint density at radius 1 is 1.53 bits per heavy atom. The second-order valence-electron chi connectivity index (χ2n) is 3.26. The summed E-state index contributed by atoms with van der Waals surface area (Å²) in [6.07, 6.45) is 0. The molecule has 15 heavy (non-hydrogen) atoms. The van der Waals surface area contributed by atoms with Gasteiger partial charge >= 0.3 is 0 Å². The largest absolute Gasteiger partial charge is 0.504 e. The number of benzene rings is 1. The lowest BCUT2D eigenvalue weighted by molar-refractivity contribution is 0.0954. The van der Waals surface area contributed by atoms with Gasteiger partial charge in [-0.15, -0.1) is 0 Å². The standard InChI is InChI=1S/C11H15NO3/c1-7(12-2)11(14)8-4-5-10(15-3)9(13)6-8/h4-7,12-13H,1-3H3. The highest BCUT2D eigenvalue weighted by molar-refractivity contribution is 6.00. The molecule has 0 heterocycles. The molecule has 0 saturated heterocycles. The monoisotopic (exact) mass is 209 g/mol. The molecular formula is C11H15NO3. The van der Waals surface area contributed by atoms with Crippen LogP contribution in [-0.2, 0) is 0 Å². The average molecular weight is 209 g/mol. The van der Waals surface area contributed by atoms with E-state index in [0.717, 1.165) is 0 Å². The average Bonchev–Trinajstić information content (AvgIpc) is 2.26. The zero-order valence-corrected chi connectivity index (χ0v) is 9.07. The Balaban J connectivity index is 2.97. The number of carbonyl (C=O) groups excluding carboxylic acids is 1. The molecular weight excluding hydrogens is 194 g/mol. The molecule has 0 fully saturated rings. The van der Waals surface area contributed by atoms with Crippen LogP contribution in [0.25, 0.3) is 0 Å². The second-order valence-corrected chi connectivity index (χ2v) is 3.26. The normalized spacial score (nSPS) is 12.2.